The second kappa shape index (κ2) is 9.98. The van der Waals surface area contributed by atoms with E-state index in [0.29, 0.717) is 0 Å². The van der Waals surface area contributed by atoms with Gasteiger partial charge in [-0.15, -0.1) is 0 Å². The lowest BCUT2D eigenvalue weighted by Gasteiger charge is -2.11. The predicted molar refractivity (Wildman–Crippen MR) is 177 cm³/mol. The van der Waals surface area contributed by atoms with Crippen LogP contribution in [0.2, 0.25) is 0 Å². The first-order chi connectivity index (χ1) is 19.7. The van der Waals surface area contributed by atoms with Crippen LogP contribution in [0.15, 0.2) is 121 Å². The highest BCUT2D eigenvalue weighted by Gasteiger charge is 2.08. The molecule has 0 N–H and O–H groups in total. The van der Waals surface area contributed by atoms with E-state index < -0.39 is 0 Å². The number of fused-ring (bicyclic) bond motifs is 4. The average molecular weight is 511 g/mol. The molecule has 0 radical (unpaired) electrons. The van der Waals surface area contributed by atoms with Crippen molar-refractivity contribution in [1.82, 2.24) is 0 Å². The predicted octanol–water partition coefficient (Wildman–Crippen LogP) is 11.3. The molecule has 0 saturated carbocycles. The molecular formula is C40H30. The molecule has 7 aromatic rings. The van der Waals surface area contributed by atoms with E-state index in [1.807, 2.05) is 0 Å². The van der Waals surface area contributed by atoms with Gasteiger partial charge in [-0.25, -0.2) is 0 Å². The van der Waals surface area contributed by atoms with Crippen molar-refractivity contribution in [1.29, 1.82) is 0 Å². The Bertz CT molecular complexity index is 1860. The first-order valence-electron chi connectivity index (χ1n) is 13.9. The maximum atomic E-state index is 2.32. The van der Waals surface area contributed by atoms with Crippen molar-refractivity contribution < 1.29 is 0 Å². The van der Waals surface area contributed by atoms with Gasteiger partial charge in [0.15, 0.2) is 0 Å². The Morgan fingerprint density at radius 1 is 0.350 bits per heavy atom. The molecule has 0 aliphatic carbocycles. The molecule has 190 valence electrons. The van der Waals surface area contributed by atoms with E-state index in [9.17, 15) is 0 Å². The summed E-state index contributed by atoms with van der Waals surface area (Å²) < 4.78 is 0. The molecule has 40 heavy (non-hydrogen) atoms. The maximum Gasteiger partial charge on any atom is -0.00992 e. The molecule has 0 fully saturated rings. The Balaban J connectivity index is 1.29. The summed E-state index contributed by atoms with van der Waals surface area (Å²) in [6, 6.07) is 43.9. The van der Waals surface area contributed by atoms with E-state index in [-0.39, 0.29) is 0 Å². The summed E-state index contributed by atoms with van der Waals surface area (Å²) in [5, 5.41) is 10.2. The zero-order valence-corrected chi connectivity index (χ0v) is 22.9. The van der Waals surface area contributed by atoms with Gasteiger partial charge < -0.3 is 0 Å². The van der Waals surface area contributed by atoms with Crippen LogP contribution >= 0.6 is 0 Å². The Hall–Kier alpha value is -4.94. The lowest BCUT2D eigenvalue weighted by molar-refractivity contribution is 1.36. The first-order valence-corrected chi connectivity index (χ1v) is 13.9. The van der Waals surface area contributed by atoms with Gasteiger partial charge in [0.1, 0.15) is 0 Å². The fourth-order valence-electron chi connectivity index (χ4n) is 6.02. The second-order valence-corrected chi connectivity index (χ2v) is 10.7. The molecule has 0 nitrogen and oxygen atoms in total. The van der Waals surface area contributed by atoms with Gasteiger partial charge in [-0.05, 0) is 102 Å². The van der Waals surface area contributed by atoms with Crippen LogP contribution < -0.4 is 0 Å². The normalized spacial score (nSPS) is 12.1. The van der Waals surface area contributed by atoms with Crippen LogP contribution in [0.3, 0.4) is 0 Å². The molecule has 0 amide bonds. The van der Waals surface area contributed by atoms with Gasteiger partial charge in [0, 0.05) is 0 Å². The molecular weight excluding hydrogens is 480 g/mol. The molecule has 0 aliphatic heterocycles. The number of hydrogen-bond donors (Lipinski definition) is 0. The molecule has 0 atom stereocenters. The molecule has 7 aromatic carbocycles. The van der Waals surface area contributed by atoms with Crippen LogP contribution in [-0.2, 0) is 0 Å². The maximum absolute atomic E-state index is 2.32. The molecule has 0 unspecified atom stereocenters. The molecule has 0 spiro atoms. The van der Waals surface area contributed by atoms with Crippen LogP contribution in [0.1, 0.15) is 33.4 Å². The molecule has 0 bridgehead atoms. The largest absolute Gasteiger partial charge is 0.0616 e. The minimum atomic E-state index is 1.25. The summed E-state index contributed by atoms with van der Waals surface area (Å²) in [7, 11) is 0. The molecule has 0 heterocycles. The van der Waals surface area contributed by atoms with Gasteiger partial charge in [0.05, 0.1) is 0 Å². The van der Waals surface area contributed by atoms with Crippen molar-refractivity contribution in [2.75, 3.05) is 0 Å². The monoisotopic (exact) mass is 510 g/mol. The fraction of sp³-hybridized carbons (Fsp3) is 0.0500. The van der Waals surface area contributed by atoms with Crippen molar-refractivity contribution in [3.05, 3.63) is 155 Å². The Morgan fingerprint density at radius 3 is 0.975 bits per heavy atom. The van der Waals surface area contributed by atoms with E-state index in [2.05, 4.69) is 159 Å². The highest BCUT2D eigenvalue weighted by molar-refractivity contribution is 6.09. The summed E-state index contributed by atoms with van der Waals surface area (Å²) in [4.78, 5) is 0. The summed E-state index contributed by atoms with van der Waals surface area (Å²) in [5.74, 6) is 0. The third kappa shape index (κ3) is 4.28. The zero-order valence-electron chi connectivity index (χ0n) is 22.9. The first kappa shape index (κ1) is 24.1. The summed E-state index contributed by atoms with van der Waals surface area (Å²) >= 11 is 0. The molecule has 0 aliphatic rings. The topological polar surface area (TPSA) is 0 Å². The van der Waals surface area contributed by atoms with Crippen molar-refractivity contribution in [2.45, 2.75) is 13.8 Å². The van der Waals surface area contributed by atoms with E-state index in [1.165, 1.54) is 76.5 Å². The van der Waals surface area contributed by atoms with Crippen LogP contribution in [0, 0.1) is 13.8 Å². The van der Waals surface area contributed by atoms with Crippen molar-refractivity contribution >= 4 is 67.4 Å². The quantitative estimate of drug-likeness (QED) is 0.163. The minimum Gasteiger partial charge on any atom is -0.0616 e. The lowest BCUT2D eigenvalue weighted by Crippen LogP contribution is -1.89. The SMILES string of the molecule is Cc1cc(C=Cc2c3ccccc3cc3ccccc23)c(C)cc1C=Cc1c2ccccc2cc2ccccc12. The Morgan fingerprint density at radius 2 is 0.650 bits per heavy atom. The third-order valence-electron chi connectivity index (χ3n) is 8.14. The second-order valence-electron chi connectivity index (χ2n) is 10.7. The van der Waals surface area contributed by atoms with Gasteiger partial charge in [-0.2, -0.15) is 0 Å². The van der Waals surface area contributed by atoms with Crippen LogP contribution in [0.25, 0.3) is 67.4 Å². The number of benzene rings is 7. The van der Waals surface area contributed by atoms with E-state index in [4.69, 9.17) is 0 Å². The highest BCUT2D eigenvalue weighted by Crippen LogP contribution is 2.32. The van der Waals surface area contributed by atoms with Crippen LogP contribution in [-0.4, -0.2) is 0 Å². The van der Waals surface area contributed by atoms with E-state index in [1.54, 1.807) is 0 Å². The zero-order chi connectivity index (χ0) is 27.1. The van der Waals surface area contributed by atoms with Gasteiger partial charge in [0.2, 0.25) is 0 Å². The van der Waals surface area contributed by atoms with Crippen LogP contribution in [0.5, 0.6) is 0 Å². The van der Waals surface area contributed by atoms with Crippen LogP contribution in [0.4, 0.5) is 0 Å². The van der Waals surface area contributed by atoms with Crippen molar-refractivity contribution in [2.24, 2.45) is 0 Å². The third-order valence-corrected chi connectivity index (χ3v) is 8.14. The van der Waals surface area contributed by atoms with Gasteiger partial charge in [0.25, 0.3) is 0 Å². The van der Waals surface area contributed by atoms with Crippen molar-refractivity contribution in [3.8, 4) is 0 Å². The summed E-state index contributed by atoms with van der Waals surface area (Å²) in [6.45, 7) is 4.43. The minimum absolute atomic E-state index is 1.25. The Labute approximate surface area is 235 Å². The molecule has 7 rings (SSSR count). The Kier molecular flexibility index (Phi) is 6.02. The average Bonchev–Trinajstić information content (AvgIpc) is 2.99. The van der Waals surface area contributed by atoms with E-state index >= 15 is 0 Å². The summed E-state index contributed by atoms with van der Waals surface area (Å²) in [5.41, 5.74) is 7.60. The van der Waals surface area contributed by atoms with Crippen molar-refractivity contribution in [3.63, 3.8) is 0 Å². The number of rotatable bonds is 4. The van der Waals surface area contributed by atoms with Gasteiger partial charge in [-0.3, -0.25) is 0 Å². The lowest BCUT2D eigenvalue weighted by atomic mass is 9.94. The standard InChI is InChI=1S/C40H30/c1-27-23-30(20-22-40-37-17-9-5-13-33(37)26-34-14-6-10-18-38(34)40)28(2)24-29(27)19-21-39-35-15-7-3-11-31(35)25-32-12-4-8-16-36(32)39/h3-26H,1-2H3. The van der Waals surface area contributed by atoms with Gasteiger partial charge in [-0.1, -0.05) is 133 Å². The molecule has 0 saturated heterocycles. The number of hydrogen-bond acceptors (Lipinski definition) is 0. The highest BCUT2D eigenvalue weighted by atomic mass is 14.1. The number of aryl methyl sites for hydroxylation is 2. The van der Waals surface area contributed by atoms with Gasteiger partial charge >= 0.3 is 0 Å². The smallest absolute Gasteiger partial charge is 0.00992 e. The fourth-order valence-corrected chi connectivity index (χ4v) is 6.02. The summed E-state index contributed by atoms with van der Waals surface area (Å²) in [6.07, 6.45) is 9.15. The molecule has 0 aromatic heterocycles. The molecule has 0 heteroatoms. The van der Waals surface area contributed by atoms with E-state index in [0.717, 1.165) is 0 Å².